The van der Waals surface area contributed by atoms with Gasteiger partial charge in [0.15, 0.2) is 0 Å². The molecule has 0 saturated heterocycles. The zero-order chi connectivity index (χ0) is 18.9. The van der Waals surface area contributed by atoms with E-state index < -0.39 is 12.3 Å². The predicted molar refractivity (Wildman–Crippen MR) is 96.4 cm³/mol. The summed E-state index contributed by atoms with van der Waals surface area (Å²) >= 11 is 3.44. The van der Waals surface area contributed by atoms with Crippen LogP contribution in [0.3, 0.4) is 0 Å². The average molecular weight is 430 g/mol. The fourth-order valence-electron chi connectivity index (χ4n) is 2.92. The molecule has 1 aromatic carbocycles. The first kappa shape index (κ1) is 19.0. The Balaban J connectivity index is 1.92. The van der Waals surface area contributed by atoms with Crippen molar-refractivity contribution in [3.05, 3.63) is 40.6 Å². The lowest BCUT2D eigenvalue weighted by atomic mass is 9.94. The minimum atomic E-state index is -4.53. The summed E-state index contributed by atoms with van der Waals surface area (Å²) in [5.74, 6) is 1.21. The Morgan fingerprint density at radius 3 is 2.73 bits per heavy atom. The van der Waals surface area contributed by atoms with Gasteiger partial charge in [0.1, 0.15) is 11.5 Å². The third-order valence-electron chi connectivity index (χ3n) is 4.18. The van der Waals surface area contributed by atoms with Crippen LogP contribution in [0.15, 0.2) is 35.1 Å². The molecule has 26 heavy (non-hydrogen) atoms. The molecule has 0 spiro atoms. The normalized spacial score (nSPS) is 16.0. The molecule has 3 rings (SSSR count). The molecule has 1 aliphatic rings. The maximum absolute atomic E-state index is 13.4. The van der Waals surface area contributed by atoms with Crippen molar-refractivity contribution in [1.29, 1.82) is 0 Å². The van der Waals surface area contributed by atoms with Crippen LogP contribution in [0, 0.1) is 5.92 Å². The number of pyridine rings is 1. The molecule has 0 saturated carbocycles. The monoisotopic (exact) mass is 429 g/mol. The van der Waals surface area contributed by atoms with E-state index in [9.17, 15) is 13.2 Å². The summed E-state index contributed by atoms with van der Waals surface area (Å²) in [6.45, 7) is 4.76. The van der Waals surface area contributed by atoms with Gasteiger partial charge in [-0.05, 0) is 52.4 Å². The van der Waals surface area contributed by atoms with Crippen molar-refractivity contribution >= 4 is 15.9 Å². The molecule has 7 heteroatoms. The molecule has 1 aliphatic heterocycles. The topological polar surface area (TPSA) is 31.4 Å². The van der Waals surface area contributed by atoms with E-state index in [2.05, 4.69) is 34.8 Å². The number of fused-ring (bicyclic) bond motifs is 3. The van der Waals surface area contributed by atoms with Crippen LogP contribution in [0.2, 0.25) is 0 Å². The predicted octanol–water partition coefficient (Wildman–Crippen LogP) is 6.32. The van der Waals surface area contributed by atoms with Crippen LogP contribution in [0.1, 0.15) is 38.4 Å². The molecule has 0 bridgehead atoms. The lowest BCUT2D eigenvalue weighted by Crippen LogP contribution is -2.29. The molecular formula is C19H19BrF3NO2. The number of alkyl halides is 3. The number of ether oxygens (including phenoxy) is 2. The van der Waals surface area contributed by atoms with Gasteiger partial charge in [-0.3, -0.25) is 4.98 Å². The first-order valence-electron chi connectivity index (χ1n) is 8.41. The molecule has 0 aliphatic carbocycles. The molecule has 1 atom stereocenters. The van der Waals surface area contributed by atoms with E-state index >= 15 is 0 Å². The zero-order valence-corrected chi connectivity index (χ0v) is 16.0. The Labute approximate surface area is 158 Å². The number of halogens is 4. The highest BCUT2D eigenvalue weighted by Gasteiger charge is 2.46. The van der Waals surface area contributed by atoms with Gasteiger partial charge in [-0.1, -0.05) is 13.8 Å². The second kappa shape index (κ2) is 7.47. The fraction of sp³-hybridized carbons (Fsp3) is 0.421. The average Bonchev–Trinajstić information content (AvgIpc) is 2.57. The van der Waals surface area contributed by atoms with Gasteiger partial charge < -0.3 is 9.47 Å². The van der Waals surface area contributed by atoms with Crippen LogP contribution in [0.4, 0.5) is 13.2 Å². The highest BCUT2D eigenvalue weighted by atomic mass is 79.9. The summed E-state index contributed by atoms with van der Waals surface area (Å²) in [7, 11) is 0. The van der Waals surface area contributed by atoms with Gasteiger partial charge in [-0.25, -0.2) is 0 Å². The van der Waals surface area contributed by atoms with Crippen LogP contribution < -0.4 is 9.47 Å². The van der Waals surface area contributed by atoms with Gasteiger partial charge in [0.05, 0.1) is 11.1 Å². The van der Waals surface area contributed by atoms with Crippen LogP contribution in [0.25, 0.3) is 11.1 Å². The standard InChI is InChI=1S/C19H19BrF3NO2/c1-11(2)4-3-7-25-17-9-16-13(8-15(17)20)12-5-6-24-10-14(12)18(26-16)19(21,22)23/h5-6,8-11,18H,3-4,7H2,1-2H3. The third-order valence-corrected chi connectivity index (χ3v) is 4.80. The van der Waals surface area contributed by atoms with E-state index in [1.54, 1.807) is 12.1 Å². The Morgan fingerprint density at radius 2 is 2.04 bits per heavy atom. The van der Waals surface area contributed by atoms with Crippen LogP contribution in [-0.2, 0) is 0 Å². The summed E-state index contributed by atoms with van der Waals surface area (Å²) in [5, 5.41) is 0. The minimum Gasteiger partial charge on any atom is -0.492 e. The smallest absolute Gasteiger partial charge is 0.429 e. The summed E-state index contributed by atoms with van der Waals surface area (Å²) in [6.07, 6.45) is -1.97. The summed E-state index contributed by atoms with van der Waals surface area (Å²) in [4.78, 5) is 3.82. The molecule has 140 valence electrons. The van der Waals surface area contributed by atoms with Gasteiger partial charge in [-0.15, -0.1) is 0 Å². The Morgan fingerprint density at radius 1 is 1.27 bits per heavy atom. The second-order valence-electron chi connectivity index (χ2n) is 6.67. The van der Waals surface area contributed by atoms with Crippen molar-refractivity contribution in [3.8, 4) is 22.6 Å². The van der Waals surface area contributed by atoms with Gasteiger partial charge in [0.2, 0.25) is 6.10 Å². The van der Waals surface area contributed by atoms with E-state index in [0.717, 1.165) is 12.8 Å². The Hall–Kier alpha value is -1.76. The van der Waals surface area contributed by atoms with Gasteiger partial charge in [0.25, 0.3) is 0 Å². The Kier molecular flexibility index (Phi) is 5.46. The van der Waals surface area contributed by atoms with Crippen molar-refractivity contribution < 1.29 is 22.6 Å². The number of nitrogens with zero attached hydrogens (tertiary/aromatic N) is 1. The minimum absolute atomic E-state index is 0.0185. The van der Waals surface area contributed by atoms with Crippen molar-refractivity contribution in [2.45, 2.75) is 39.0 Å². The largest absolute Gasteiger partial charge is 0.492 e. The van der Waals surface area contributed by atoms with Gasteiger partial charge >= 0.3 is 6.18 Å². The summed E-state index contributed by atoms with van der Waals surface area (Å²) in [6, 6.07) is 4.83. The lowest BCUT2D eigenvalue weighted by Gasteiger charge is -2.30. The maximum atomic E-state index is 13.4. The molecule has 1 aromatic heterocycles. The third kappa shape index (κ3) is 3.98. The van der Waals surface area contributed by atoms with Crippen LogP contribution in [0.5, 0.6) is 11.5 Å². The van der Waals surface area contributed by atoms with E-state index in [-0.39, 0.29) is 11.3 Å². The molecule has 0 fully saturated rings. The zero-order valence-electron chi connectivity index (χ0n) is 14.4. The SMILES string of the molecule is CC(C)CCCOc1cc2c(cc1Br)-c1ccncc1C(C(F)(F)F)O2. The van der Waals surface area contributed by atoms with Crippen molar-refractivity contribution in [2.75, 3.05) is 6.61 Å². The Bertz CT molecular complexity index is 793. The first-order chi connectivity index (χ1) is 12.3. The van der Waals surface area contributed by atoms with Crippen LogP contribution >= 0.6 is 15.9 Å². The fourth-order valence-corrected chi connectivity index (χ4v) is 3.38. The van der Waals surface area contributed by atoms with E-state index in [1.165, 1.54) is 18.5 Å². The molecule has 2 aromatic rings. The molecule has 3 nitrogen and oxygen atoms in total. The number of hydrogen-bond acceptors (Lipinski definition) is 3. The molecular weight excluding hydrogens is 411 g/mol. The van der Waals surface area contributed by atoms with E-state index in [4.69, 9.17) is 9.47 Å². The molecule has 0 N–H and O–H groups in total. The van der Waals surface area contributed by atoms with Gasteiger partial charge in [-0.2, -0.15) is 13.2 Å². The summed E-state index contributed by atoms with van der Waals surface area (Å²) in [5.41, 5.74) is 1.07. The first-order valence-corrected chi connectivity index (χ1v) is 9.20. The van der Waals surface area contributed by atoms with Gasteiger partial charge in [0, 0.05) is 29.6 Å². The van der Waals surface area contributed by atoms with Crippen molar-refractivity contribution in [1.82, 2.24) is 4.98 Å². The van der Waals surface area contributed by atoms with Crippen LogP contribution in [-0.4, -0.2) is 17.8 Å². The number of benzene rings is 1. The highest BCUT2D eigenvalue weighted by molar-refractivity contribution is 9.10. The number of rotatable bonds is 5. The molecule has 1 unspecified atom stereocenters. The lowest BCUT2D eigenvalue weighted by molar-refractivity contribution is -0.198. The van der Waals surface area contributed by atoms with E-state index in [1.807, 2.05) is 0 Å². The molecule has 0 amide bonds. The molecule has 2 heterocycles. The van der Waals surface area contributed by atoms with Crippen molar-refractivity contribution in [3.63, 3.8) is 0 Å². The highest BCUT2D eigenvalue weighted by Crippen LogP contribution is 2.50. The molecule has 0 radical (unpaired) electrons. The number of hydrogen-bond donors (Lipinski definition) is 0. The number of aromatic nitrogens is 1. The van der Waals surface area contributed by atoms with E-state index in [0.29, 0.717) is 33.9 Å². The second-order valence-corrected chi connectivity index (χ2v) is 7.52. The maximum Gasteiger partial charge on any atom is 0.429 e. The quantitative estimate of drug-likeness (QED) is 0.520. The summed E-state index contributed by atoms with van der Waals surface area (Å²) < 4.78 is 52.0. The van der Waals surface area contributed by atoms with Crippen molar-refractivity contribution in [2.24, 2.45) is 5.92 Å².